The summed E-state index contributed by atoms with van der Waals surface area (Å²) < 4.78 is 2.82. The van der Waals surface area contributed by atoms with E-state index in [4.69, 9.17) is 34.8 Å². The summed E-state index contributed by atoms with van der Waals surface area (Å²) in [6.07, 6.45) is -1.23. The van der Waals surface area contributed by atoms with Gasteiger partial charge in [0.2, 0.25) is 3.79 Å². The second-order valence-corrected chi connectivity index (χ2v) is 7.98. The molecule has 10 heteroatoms. The second kappa shape index (κ2) is 9.85. The van der Waals surface area contributed by atoms with Gasteiger partial charge < -0.3 is 20.5 Å². The quantitative estimate of drug-likeness (QED) is 0.434. The lowest BCUT2D eigenvalue weighted by atomic mass is 9.99. The minimum absolute atomic E-state index is 0.0680. The maximum Gasteiger partial charge on any atom is 0.407 e. The predicted octanol–water partition coefficient (Wildman–Crippen LogP) is 3.55. The van der Waals surface area contributed by atoms with Gasteiger partial charge in [-0.05, 0) is 37.1 Å². The monoisotopic (exact) mass is 424 g/mol. The number of rotatable bonds is 8. The van der Waals surface area contributed by atoms with Crippen LogP contribution in [0.15, 0.2) is 18.2 Å². The van der Waals surface area contributed by atoms with E-state index in [9.17, 15) is 19.5 Å². The van der Waals surface area contributed by atoms with Gasteiger partial charge >= 0.3 is 12.1 Å². The van der Waals surface area contributed by atoms with E-state index in [0.29, 0.717) is 5.56 Å². The third-order valence-electron chi connectivity index (χ3n) is 3.43. The molecule has 0 bridgehead atoms. The number of ether oxygens (including phenoxy) is 1. The number of hydrogen-bond donors (Lipinski definition) is 3. The van der Waals surface area contributed by atoms with Crippen LogP contribution in [0.3, 0.4) is 0 Å². The van der Waals surface area contributed by atoms with E-state index in [2.05, 4.69) is 15.4 Å². The zero-order chi connectivity index (χ0) is 19.9. The van der Waals surface area contributed by atoms with Crippen molar-refractivity contribution in [2.75, 3.05) is 19.0 Å². The number of alkyl halides is 3. The summed E-state index contributed by atoms with van der Waals surface area (Å²) >= 11 is 16.3. The number of aliphatic carboxylic acids is 1. The number of nitrogens with one attached hydrogen (secondary N) is 2. The van der Waals surface area contributed by atoms with Crippen molar-refractivity contribution >= 4 is 58.3 Å². The fraction of sp³-hybridized carbons (Fsp3) is 0.438. The molecule has 3 N–H and O–H groups in total. The van der Waals surface area contributed by atoms with Crippen LogP contribution < -0.4 is 10.6 Å². The molecule has 0 aliphatic heterocycles. The molecule has 1 rings (SSSR count). The number of alkyl carbamates (subject to hydrolysis) is 1. The van der Waals surface area contributed by atoms with Gasteiger partial charge in [0.05, 0.1) is 0 Å². The first kappa shape index (κ1) is 22.3. The summed E-state index contributed by atoms with van der Waals surface area (Å²) in [5, 5.41) is 14.3. The number of hydrogen-bond acceptors (Lipinski definition) is 5. The first-order chi connectivity index (χ1) is 12.0. The number of carbonyl (C=O) groups is 3. The highest BCUT2D eigenvalue weighted by Gasteiger charge is 2.26. The van der Waals surface area contributed by atoms with E-state index < -0.39 is 28.5 Å². The molecule has 0 aliphatic carbocycles. The van der Waals surface area contributed by atoms with Crippen molar-refractivity contribution in [3.63, 3.8) is 0 Å². The van der Waals surface area contributed by atoms with Crippen molar-refractivity contribution in [2.45, 2.75) is 29.6 Å². The number of carboxylic acids is 1. The zero-order valence-electron chi connectivity index (χ0n) is 14.1. The third-order valence-corrected chi connectivity index (χ3v) is 3.76. The molecule has 0 spiro atoms. The SMILES string of the molecule is CNc1ccc(C(=O)CCC(NC(=O)OCC(Cl)(Cl)Cl)C(=O)O)c(C)c1. The molecular formula is C16H19Cl3N2O5. The number of Topliss-reactive ketones (excluding diaryl/α,β-unsaturated/α-hetero) is 1. The van der Waals surface area contributed by atoms with Crippen LogP contribution in [0.2, 0.25) is 0 Å². The lowest BCUT2D eigenvalue weighted by Crippen LogP contribution is -2.42. The highest BCUT2D eigenvalue weighted by molar-refractivity contribution is 6.67. The number of carboxylic acid groups (broad SMARTS) is 1. The average molecular weight is 426 g/mol. The molecule has 0 aromatic heterocycles. The zero-order valence-corrected chi connectivity index (χ0v) is 16.4. The maximum absolute atomic E-state index is 12.3. The maximum atomic E-state index is 12.3. The van der Waals surface area contributed by atoms with Crippen molar-refractivity contribution in [3.05, 3.63) is 29.3 Å². The van der Waals surface area contributed by atoms with Gasteiger partial charge in [-0.3, -0.25) is 4.79 Å². The largest absolute Gasteiger partial charge is 0.480 e. The van der Waals surface area contributed by atoms with E-state index in [0.717, 1.165) is 11.3 Å². The Balaban J connectivity index is 2.64. The summed E-state index contributed by atoms with van der Waals surface area (Å²) in [5.41, 5.74) is 2.12. The predicted molar refractivity (Wildman–Crippen MR) is 100 cm³/mol. The van der Waals surface area contributed by atoms with Crippen molar-refractivity contribution in [2.24, 2.45) is 0 Å². The minimum Gasteiger partial charge on any atom is -0.480 e. The molecule has 1 aromatic carbocycles. The number of anilines is 1. The molecule has 0 heterocycles. The van der Waals surface area contributed by atoms with E-state index in [1.807, 2.05) is 6.07 Å². The first-order valence-corrected chi connectivity index (χ1v) is 8.71. The lowest BCUT2D eigenvalue weighted by Gasteiger charge is -2.16. The Labute approximate surface area is 165 Å². The second-order valence-electron chi connectivity index (χ2n) is 5.47. The normalized spacial score (nSPS) is 12.2. The number of aryl methyl sites for hydroxylation is 1. The molecule has 0 fully saturated rings. The Kier molecular flexibility index (Phi) is 8.46. The molecule has 1 unspecified atom stereocenters. The van der Waals surface area contributed by atoms with Crippen LogP contribution in [0.1, 0.15) is 28.8 Å². The molecule has 0 radical (unpaired) electrons. The fourth-order valence-electron chi connectivity index (χ4n) is 2.13. The number of benzene rings is 1. The standard InChI is InChI=1S/C16H19Cl3N2O5/c1-9-7-10(20-2)3-4-11(9)13(22)6-5-12(14(23)24)21-15(25)26-8-16(17,18)19/h3-4,7,12,20H,5-6,8H2,1-2H3,(H,21,25)(H,23,24). The summed E-state index contributed by atoms with van der Waals surface area (Å²) in [4.78, 5) is 35.2. The molecule has 1 amide bonds. The van der Waals surface area contributed by atoms with Gasteiger partial charge in [0.1, 0.15) is 12.6 Å². The van der Waals surface area contributed by atoms with Crippen molar-refractivity contribution < 1.29 is 24.2 Å². The molecule has 1 aromatic rings. The van der Waals surface area contributed by atoms with Gasteiger partial charge in [0, 0.05) is 24.7 Å². The van der Waals surface area contributed by atoms with Crippen LogP contribution >= 0.6 is 34.8 Å². The topological polar surface area (TPSA) is 105 Å². The lowest BCUT2D eigenvalue weighted by molar-refractivity contribution is -0.139. The van der Waals surface area contributed by atoms with Gasteiger partial charge in [-0.2, -0.15) is 0 Å². The van der Waals surface area contributed by atoms with E-state index in [-0.39, 0.29) is 18.6 Å². The van der Waals surface area contributed by atoms with Crippen LogP contribution in [0.5, 0.6) is 0 Å². The Morgan fingerprint density at radius 3 is 2.42 bits per heavy atom. The van der Waals surface area contributed by atoms with Crippen molar-refractivity contribution in [3.8, 4) is 0 Å². The smallest absolute Gasteiger partial charge is 0.407 e. The summed E-state index contributed by atoms with van der Waals surface area (Å²) in [6.45, 7) is 1.25. The van der Waals surface area contributed by atoms with E-state index in [1.165, 1.54) is 0 Å². The molecule has 26 heavy (non-hydrogen) atoms. The minimum atomic E-state index is -1.80. The van der Waals surface area contributed by atoms with Gasteiger partial charge in [-0.1, -0.05) is 34.8 Å². The third kappa shape index (κ3) is 7.68. The van der Waals surface area contributed by atoms with E-state index in [1.54, 1.807) is 26.1 Å². The van der Waals surface area contributed by atoms with Crippen LogP contribution in [0.25, 0.3) is 0 Å². The van der Waals surface area contributed by atoms with Gasteiger partial charge in [0.15, 0.2) is 5.78 Å². The molecule has 7 nitrogen and oxygen atoms in total. The molecule has 0 saturated carbocycles. The van der Waals surface area contributed by atoms with Crippen LogP contribution in [0.4, 0.5) is 10.5 Å². The van der Waals surface area contributed by atoms with Gasteiger partial charge in [-0.25, -0.2) is 9.59 Å². The first-order valence-electron chi connectivity index (χ1n) is 7.58. The number of carbonyl (C=O) groups excluding carboxylic acids is 2. The molecule has 0 saturated heterocycles. The summed E-state index contributed by atoms with van der Waals surface area (Å²) in [5.74, 6) is -1.53. The van der Waals surface area contributed by atoms with Crippen molar-refractivity contribution in [1.82, 2.24) is 5.32 Å². The van der Waals surface area contributed by atoms with Gasteiger partial charge in [0.25, 0.3) is 0 Å². The average Bonchev–Trinajstić information content (AvgIpc) is 2.55. The fourth-order valence-corrected chi connectivity index (χ4v) is 2.29. The number of halogens is 3. The van der Waals surface area contributed by atoms with Crippen molar-refractivity contribution in [1.29, 1.82) is 0 Å². The number of ketones is 1. The number of amides is 1. The Hall–Kier alpha value is -1.70. The molecule has 1 atom stereocenters. The van der Waals surface area contributed by atoms with E-state index >= 15 is 0 Å². The highest BCUT2D eigenvalue weighted by atomic mass is 35.6. The molecule has 144 valence electrons. The Morgan fingerprint density at radius 2 is 1.92 bits per heavy atom. The Bertz CT molecular complexity index is 676. The van der Waals surface area contributed by atoms with Crippen LogP contribution in [-0.4, -0.2) is 46.4 Å². The van der Waals surface area contributed by atoms with Gasteiger partial charge in [-0.15, -0.1) is 0 Å². The van der Waals surface area contributed by atoms with Crippen LogP contribution in [-0.2, 0) is 9.53 Å². The summed E-state index contributed by atoms with van der Waals surface area (Å²) in [7, 11) is 1.77. The molecule has 0 aliphatic rings. The summed E-state index contributed by atoms with van der Waals surface area (Å²) in [6, 6.07) is 3.93. The molecular weight excluding hydrogens is 407 g/mol. The highest BCUT2D eigenvalue weighted by Crippen LogP contribution is 2.25. The Morgan fingerprint density at radius 1 is 1.27 bits per heavy atom. The van der Waals surface area contributed by atoms with Crippen LogP contribution in [0, 0.1) is 6.92 Å².